The molecular weight excluding hydrogens is 324 g/mol. The highest BCUT2D eigenvalue weighted by Crippen LogP contribution is 2.18. The Bertz CT molecular complexity index is 639. The lowest BCUT2D eigenvalue weighted by Crippen LogP contribution is -2.16. The molecule has 0 saturated carbocycles. The Hall–Kier alpha value is -1.61. The molecule has 0 bridgehead atoms. The van der Waals surface area contributed by atoms with Crippen LogP contribution in [-0.4, -0.2) is 36.6 Å². The van der Waals surface area contributed by atoms with Gasteiger partial charge < -0.3 is 5.11 Å². The number of H-pyrrole nitrogens is 1. The quantitative estimate of drug-likeness (QED) is 0.807. The Morgan fingerprint density at radius 1 is 1.56 bits per heavy atom. The molecule has 0 aromatic carbocycles. The molecule has 18 heavy (non-hydrogen) atoms. The molecule has 0 saturated heterocycles. The Balaban J connectivity index is 2.40. The van der Waals surface area contributed by atoms with E-state index in [1.165, 1.54) is 10.8 Å². The monoisotopic (exact) mass is 330 g/mol. The predicted octanol–water partition coefficient (Wildman–Crippen LogP) is 0.895. The normalized spacial score (nSPS) is 10.5. The maximum atomic E-state index is 11.6. The van der Waals surface area contributed by atoms with Crippen LogP contribution in [0.25, 0.3) is 5.69 Å². The lowest BCUT2D eigenvalue weighted by molar-refractivity contribution is -0.133. The van der Waals surface area contributed by atoms with Gasteiger partial charge >= 0.3 is 11.7 Å². The number of nitrogens with one attached hydrogen (secondary N) is 1. The fourth-order valence-electron chi connectivity index (χ4n) is 1.26. The van der Waals surface area contributed by atoms with Crippen LogP contribution in [0.5, 0.6) is 0 Å². The molecule has 0 atom stereocenters. The van der Waals surface area contributed by atoms with Gasteiger partial charge in [-0.05, 0) is 22.0 Å². The van der Waals surface area contributed by atoms with Crippen molar-refractivity contribution in [3.05, 3.63) is 33.4 Å². The van der Waals surface area contributed by atoms with E-state index < -0.39 is 11.7 Å². The van der Waals surface area contributed by atoms with Crippen molar-refractivity contribution in [2.45, 2.75) is 5.16 Å². The average molecular weight is 331 g/mol. The van der Waals surface area contributed by atoms with Crippen LogP contribution in [0.4, 0.5) is 0 Å². The largest absolute Gasteiger partial charge is 0.481 e. The van der Waals surface area contributed by atoms with E-state index in [-0.39, 0.29) is 10.9 Å². The molecule has 0 radical (unpaired) electrons. The first-order valence-corrected chi connectivity index (χ1v) is 6.48. The zero-order chi connectivity index (χ0) is 13.1. The van der Waals surface area contributed by atoms with Crippen molar-refractivity contribution < 1.29 is 9.90 Å². The molecule has 2 heterocycles. The summed E-state index contributed by atoms with van der Waals surface area (Å²) in [5, 5.41) is 15.0. The summed E-state index contributed by atoms with van der Waals surface area (Å²) >= 11 is 4.20. The number of aromatic nitrogens is 4. The zero-order valence-electron chi connectivity index (χ0n) is 8.83. The molecule has 2 rings (SSSR count). The van der Waals surface area contributed by atoms with E-state index in [1.807, 2.05) is 0 Å². The number of carboxylic acids is 1. The number of aliphatic carboxylic acids is 1. The van der Waals surface area contributed by atoms with E-state index in [4.69, 9.17) is 5.11 Å². The molecule has 2 N–H and O–H groups in total. The molecule has 9 heteroatoms. The number of hydrogen-bond acceptors (Lipinski definition) is 5. The molecule has 0 aliphatic heterocycles. The lowest BCUT2D eigenvalue weighted by atomic mass is 10.4. The molecule has 0 aliphatic rings. The predicted molar refractivity (Wildman–Crippen MR) is 68.0 cm³/mol. The Morgan fingerprint density at radius 3 is 3.00 bits per heavy atom. The van der Waals surface area contributed by atoms with Gasteiger partial charge in [-0.2, -0.15) is 0 Å². The van der Waals surface area contributed by atoms with Gasteiger partial charge in [0.15, 0.2) is 5.16 Å². The summed E-state index contributed by atoms with van der Waals surface area (Å²) in [7, 11) is 0. The van der Waals surface area contributed by atoms with Gasteiger partial charge in [-0.15, -0.1) is 5.10 Å². The Morgan fingerprint density at radius 2 is 2.33 bits per heavy atom. The van der Waals surface area contributed by atoms with E-state index in [1.54, 1.807) is 12.3 Å². The second kappa shape index (κ2) is 5.36. The zero-order valence-corrected chi connectivity index (χ0v) is 11.2. The maximum Gasteiger partial charge on any atom is 0.348 e. The van der Waals surface area contributed by atoms with Crippen molar-refractivity contribution in [1.82, 2.24) is 19.7 Å². The minimum Gasteiger partial charge on any atom is -0.481 e. The topological polar surface area (TPSA) is 101 Å². The number of carbonyl (C=O) groups is 1. The SMILES string of the molecule is O=C(O)CSc1n[nH]c(=O)n1-c1cncc(Br)c1. The number of thioether (sulfide) groups is 1. The van der Waals surface area contributed by atoms with Gasteiger partial charge in [0.2, 0.25) is 0 Å². The molecule has 0 unspecified atom stereocenters. The number of halogens is 1. The second-order valence-electron chi connectivity index (χ2n) is 3.19. The van der Waals surface area contributed by atoms with Crippen molar-refractivity contribution in [1.29, 1.82) is 0 Å². The first-order chi connectivity index (χ1) is 8.58. The molecular formula is C9H7BrN4O3S. The van der Waals surface area contributed by atoms with Crippen molar-refractivity contribution in [3.8, 4) is 5.69 Å². The highest BCUT2D eigenvalue weighted by molar-refractivity contribution is 9.10. The molecule has 0 aliphatic carbocycles. The number of hydrogen-bond donors (Lipinski definition) is 2. The summed E-state index contributed by atoms with van der Waals surface area (Å²) in [5.41, 5.74) is 0.0683. The van der Waals surface area contributed by atoms with Crippen LogP contribution in [0.3, 0.4) is 0 Å². The standard InChI is InChI=1S/C9H7BrN4O3S/c10-5-1-6(3-11-2-5)14-8(17)12-13-9(14)18-4-7(15)16/h1-3H,4H2,(H,12,17)(H,15,16). The van der Waals surface area contributed by atoms with Crippen molar-refractivity contribution in [3.63, 3.8) is 0 Å². The molecule has 0 spiro atoms. The number of rotatable bonds is 4. The van der Waals surface area contributed by atoms with Gasteiger partial charge in [-0.1, -0.05) is 11.8 Å². The molecule has 94 valence electrons. The Kier molecular flexibility index (Phi) is 3.82. The maximum absolute atomic E-state index is 11.6. The van der Waals surface area contributed by atoms with E-state index >= 15 is 0 Å². The Labute approximate surface area is 113 Å². The van der Waals surface area contributed by atoms with Gasteiger partial charge in [-0.3, -0.25) is 9.78 Å². The van der Waals surface area contributed by atoms with Crippen LogP contribution in [0, 0.1) is 0 Å². The highest BCUT2D eigenvalue weighted by Gasteiger charge is 2.12. The highest BCUT2D eigenvalue weighted by atomic mass is 79.9. The summed E-state index contributed by atoms with van der Waals surface area (Å²) in [6.07, 6.45) is 3.07. The first kappa shape index (κ1) is 12.8. The van der Waals surface area contributed by atoms with E-state index in [9.17, 15) is 9.59 Å². The van der Waals surface area contributed by atoms with Crippen molar-refractivity contribution >= 4 is 33.7 Å². The second-order valence-corrected chi connectivity index (χ2v) is 5.05. The van der Waals surface area contributed by atoms with E-state index in [0.29, 0.717) is 10.2 Å². The third kappa shape index (κ3) is 2.79. The number of aromatic amines is 1. The van der Waals surface area contributed by atoms with Gasteiger partial charge in [0, 0.05) is 10.7 Å². The minimum atomic E-state index is -0.977. The molecule has 2 aromatic heterocycles. The molecule has 0 amide bonds. The summed E-state index contributed by atoms with van der Waals surface area (Å²) in [6, 6.07) is 1.69. The third-order valence-corrected chi connectivity index (χ3v) is 3.27. The average Bonchev–Trinajstić information content (AvgIpc) is 2.68. The van der Waals surface area contributed by atoms with Crippen LogP contribution in [-0.2, 0) is 4.79 Å². The van der Waals surface area contributed by atoms with Gasteiger partial charge in [-0.25, -0.2) is 14.5 Å². The first-order valence-electron chi connectivity index (χ1n) is 4.71. The minimum absolute atomic E-state index is 0.175. The summed E-state index contributed by atoms with van der Waals surface area (Å²) in [4.78, 5) is 26.1. The fourth-order valence-corrected chi connectivity index (χ4v) is 2.29. The van der Waals surface area contributed by atoms with Crippen molar-refractivity contribution in [2.75, 3.05) is 5.75 Å². The van der Waals surface area contributed by atoms with E-state index in [2.05, 4.69) is 31.1 Å². The fraction of sp³-hybridized carbons (Fsp3) is 0.111. The molecule has 7 nitrogen and oxygen atoms in total. The lowest BCUT2D eigenvalue weighted by Gasteiger charge is -2.03. The third-order valence-electron chi connectivity index (χ3n) is 1.91. The van der Waals surface area contributed by atoms with Crippen LogP contribution in [0.1, 0.15) is 0 Å². The number of carboxylic acid groups (broad SMARTS) is 1. The summed E-state index contributed by atoms with van der Waals surface area (Å²) < 4.78 is 1.98. The smallest absolute Gasteiger partial charge is 0.348 e. The van der Waals surface area contributed by atoms with Gasteiger partial charge in [0.1, 0.15) is 0 Å². The summed E-state index contributed by atoms with van der Waals surface area (Å²) in [5.74, 6) is -1.15. The van der Waals surface area contributed by atoms with Crippen LogP contribution < -0.4 is 5.69 Å². The van der Waals surface area contributed by atoms with Crippen LogP contribution >= 0.6 is 27.7 Å². The molecule has 2 aromatic rings. The number of nitrogens with zero attached hydrogens (tertiary/aromatic N) is 3. The number of pyridine rings is 1. The van der Waals surface area contributed by atoms with Gasteiger partial charge in [0.25, 0.3) is 0 Å². The summed E-state index contributed by atoms with van der Waals surface area (Å²) in [6.45, 7) is 0. The van der Waals surface area contributed by atoms with Crippen LogP contribution in [0.2, 0.25) is 0 Å². The molecule has 0 fully saturated rings. The van der Waals surface area contributed by atoms with Gasteiger partial charge in [0.05, 0.1) is 17.6 Å². The van der Waals surface area contributed by atoms with Crippen LogP contribution in [0.15, 0.2) is 32.9 Å². The van der Waals surface area contributed by atoms with E-state index in [0.717, 1.165) is 11.8 Å². The van der Waals surface area contributed by atoms with Crippen molar-refractivity contribution in [2.24, 2.45) is 0 Å².